The van der Waals surface area contributed by atoms with Gasteiger partial charge in [-0.05, 0) is 12.1 Å². The zero-order chi connectivity index (χ0) is 13.4. The Kier molecular flexibility index (Phi) is 2.63. The Morgan fingerprint density at radius 2 is 1.58 bits per heavy atom. The molecule has 0 bridgehead atoms. The van der Waals surface area contributed by atoms with Gasteiger partial charge in [0.25, 0.3) is 0 Å². The van der Waals surface area contributed by atoms with Gasteiger partial charge in [-0.1, -0.05) is 30.3 Å². The molecule has 1 aromatic heterocycles. The number of rotatable bonds is 1. The smallest absolute Gasteiger partial charge is 0.196 e. The highest BCUT2D eigenvalue weighted by atomic mass is 19.1. The molecule has 0 aliphatic rings. The van der Waals surface area contributed by atoms with Crippen LogP contribution < -0.4 is 5.43 Å². The van der Waals surface area contributed by atoms with Gasteiger partial charge in [0.05, 0.1) is 0 Å². The number of halogens is 2. The van der Waals surface area contributed by atoms with Crippen LogP contribution in [0.3, 0.4) is 0 Å². The van der Waals surface area contributed by atoms with Gasteiger partial charge in [0.2, 0.25) is 0 Å². The van der Waals surface area contributed by atoms with Crippen molar-refractivity contribution >= 4 is 11.0 Å². The second kappa shape index (κ2) is 4.31. The molecular weight excluding hydrogens is 250 g/mol. The quantitative estimate of drug-likeness (QED) is 0.665. The lowest BCUT2D eigenvalue weighted by Crippen LogP contribution is -2.04. The molecule has 0 saturated heterocycles. The van der Waals surface area contributed by atoms with E-state index in [2.05, 4.69) is 0 Å². The largest absolute Gasteiger partial charge is 0.453 e. The van der Waals surface area contributed by atoms with Crippen molar-refractivity contribution in [2.45, 2.75) is 0 Å². The van der Waals surface area contributed by atoms with Crippen LogP contribution in [0.1, 0.15) is 0 Å². The van der Waals surface area contributed by atoms with E-state index < -0.39 is 17.1 Å². The molecule has 0 amide bonds. The summed E-state index contributed by atoms with van der Waals surface area (Å²) in [5.41, 5.74) is -0.325. The van der Waals surface area contributed by atoms with Crippen molar-refractivity contribution in [1.29, 1.82) is 0 Å². The van der Waals surface area contributed by atoms with Crippen LogP contribution in [0, 0.1) is 11.6 Å². The first-order valence-electron chi connectivity index (χ1n) is 5.64. The monoisotopic (exact) mass is 258 g/mol. The summed E-state index contributed by atoms with van der Waals surface area (Å²) in [6.45, 7) is 0. The fraction of sp³-hybridized carbons (Fsp3) is 0. The van der Waals surface area contributed by atoms with E-state index in [0.717, 1.165) is 12.1 Å². The van der Waals surface area contributed by atoms with Crippen molar-refractivity contribution in [3.8, 4) is 11.3 Å². The van der Waals surface area contributed by atoms with E-state index in [9.17, 15) is 13.6 Å². The topological polar surface area (TPSA) is 30.2 Å². The highest BCUT2D eigenvalue weighted by Gasteiger charge is 2.14. The summed E-state index contributed by atoms with van der Waals surface area (Å²) in [4.78, 5) is 11.9. The van der Waals surface area contributed by atoms with Crippen LogP contribution in [0.25, 0.3) is 22.3 Å². The Morgan fingerprint density at radius 3 is 2.32 bits per heavy atom. The molecule has 19 heavy (non-hydrogen) atoms. The minimum atomic E-state index is -0.787. The number of fused-ring (bicyclic) bond motifs is 1. The van der Waals surface area contributed by atoms with Gasteiger partial charge in [0.1, 0.15) is 17.0 Å². The van der Waals surface area contributed by atoms with Crippen molar-refractivity contribution in [2.24, 2.45) is 0 Å². The molecular formula is C15H8F2O2. The number of hydrogen-bond donors (Lipinski definition) is 0. The standard InChI is InChI=1S/C15H8F2O2/c16-10-6-7-11(17)15-14(10)12(18)8-13(19-15)9-4-2-1-3-5-9/h1-8H. The predicted molar refractivity (Wildman–Crippen MR) is 67.8 cm³/mol. The summed E-state index contributed by atoms with van der Waals surface area (Å²) in [6.07, 6.45) is 0. The Bertz CT molecular complexity index is 807. The third kappa shape index (κ3) is 1.91. The van der Waals surface area contributed by atoms with E-state index >= 15 is 0 Å². The van der Waals surface area contributed by atoms with Crippen LogP contribution in [-0.2, 0) is 0 Å². The Balaban J connectivity index is 2.38. The van der Waals surface area contributed by atoms with Gasteiger partial charge in [-0.15, -0.1) is 0 Å². The number of hydrogen-bond acceptors (Lipinski definition) is 2. The summed E-state index contributed by atoms with van der Waals surface area (Å²) in [5.74, 6) is -1.33. The first kappa shape index (κ1) is 11.6. The third-order valence-corrected chi connectivity index (χ3v) is 2.84. The van der Waals surface area contributed by atoms with Gasteiger partial charge < -0.3 is 4.42 Å². The molecule has 2 aromatic carbocycles. The zero-order valence-electron chi connectivity index (χ0n) is 9.69. The lowest BCUT2D eigenvalue weighted by Gasteiger charge is -2.04. The van der Waals surface area contributed by atoms with E-state index in [-0.39, 0.29) is 16.7 Å². The molecule has 0 N–H and O–H groups in total. The van der Waals surface area contributed by atoms with Crippen LogP contribution in [0.4, 0.5) is 8.78 Å². The lowest BCUT2D eigenvalue weighted by molar-refractivity contribution is 0.551. The fourth-order valence-electron chi connectivity index (χ4n) is 1.94. The molecule has 0 aliphatic heterocycles. The highest BCUT2D eigenvalue weighted by Crippen LogP contribution is 2.24. The maximum Gasteiger partial charge on any atom is 0.196 e. The summed E-state index contributed by atoms with van der Waals surface area (Å²) in [5, 5.41) is -0.361. The first-order valence-corrected chi connectivity index (χ1v) is 5.64. The van der Waals surface area contributed by atoms with E-state index in [4.69, 9.17) is 4.42 Å². The second-order valence-electron chi connectivity index (χ2n) is 4.07. The van der Waals surface area contributed by atoms with Crippen LogP contribution in [-0.4, -0.2) is 0 Å². The first-order chi connectivity index (χ1) is 9.16. The molecule has 4 heteroatoms. The second-order valence-corrected chi connectivity index (χ2v) is 4.07. The molecule has 0 aliphatic carbocycles. The lowest BCUT2D eigenvalue weighted by atomic mass is 10.1. The van der Waals surface area contributed by atoms with Gasteiger partial charge in [-0.3, -0.25) is 4.79 Å². The summed E-state index contributed by atoms with van der Waals surface area (Å²) >= 11 is 0. The molecule has 3 rings (SSSR count). The molecule has 0 atom stereocenters. The SMILES string of the molecule is O=c1cc(-c2ccccc2)oc2c(F)ccc(F)c12. The van der Waals surface area contributed by atoms with E-state index in [0.29, 0.717) is 5.56 Å². The van der Waals surface area contributed by atoms with Crippen LogP contribution >= 0.6 is 0 Å². The van der Waals surface area contributed by atoms with E-state index in [1.807, 2.05) is 6.07 Å². The Hall–Kier alpha value is -2.49. The van der Waals surface area contributed by atoms with Crippen LogP contribution in [0.5, 0.6) is 0 Å². The third-order valence-electron chi connectivity index (χ3n) is 2.84. The highest BCUT2D eigenvalue weighted by molar-refractivity contribution is 5.79. The maximum atomic E-state index is 13.6. The predicted octanol–water partition coefficient (Wildman–Crippen LogP) is 3.74. The van der Waals surface area contributed by atoms with Crippen molar-refractivity contribution in [1.82, 2.24) is 0 Å². The van der Waals surface area contributed by atoms with Gasteiger partial charge in [-0.2, -0.15) is 0 Å². The van der Waals surface area contributed by atoms with Crippen molar-refractivity contribution in [2.75, 3.05) is 0 Å². The van der Waals surface area contributed by atoms with Crippen molar-refractivity contribution < 1.29 is 13.2 Å². The van der Waals surface area contributed by atoms with Gasteiger partial charge in [-0.25, -0.2) is 8.78 Å². The molecule has 3 aromatic rings. The zero-order valence-corrected chi connectivity index (χ0v) is 9.69. The minimum absolute atomic E-state index is 0.211. The minimum Gasteiger partial charge on any atom is -0.453 e. The average Bonchev–Trinajstić information content (AvgIpc) is 2.43. The molecule has 0 spiro atoms. The average molecular weight is 258 g/mol. The fourth-order valence-corrected chi connectivity index (χ4v) is 1.94. The van der Waals surface area contributed by atoms with Gasteiger partial charge >= 0.3 is 0 Å². The molecule has 0 fully saturated rings. The number of benzene rings is 2. The molecule has 0 unspecified atom stereocenters. The van der Waals surface area contributed by atoms with Crippen LogP contribution in [0.15, 0.2) is 57.7 Å². The molecule has 0 radical (unpaired) electrons. The van der Waals surface area contributed by atoms with Crippen molar-refractivity contribution in [3.63, 3.8) is 0 Å². The Morgan fingerprint density at radius 1 is 0.895 bits per heavy atom. The maximum absolute atomic E-state index is 13.6. The van der Waals surface area contributed by atoms with Crippen molar-refractivity contribution in [3.05, 3.63) is 70.4 Å². The molecule has 2 nitrogen and oxygen atoms in total. The molecule has 0 saturated carbocycles. The van der Waals surface area contributed by atoms with Gasteiger partial charge in [0.15, 0.2) is 16.8 Å². The normalized spacial score (nSPS) is 10.8. The summed E-state index contributed by atoms with van der Waals surface area (Å²) in [6, 6.07) is 11.8. The molecule has 1 heterocycles. The summed E-state index contributed by atoms with van der Waals surface area (Å²) < 4.78 is 32.5. The van der Waals surface area contributed by atoms with E-state index in [1.54, 1.807) is 24.3 Å². The van der Waals surface area contributed by atoms with Gasteiger partial charge in [0, 0.05) is 11.6 Å². The summed E-state index contributed by atoms with van der Waals surface area (Å²) in [7, 11) is 0. The Labute approximate surface area is 106 Å². The van der Waals surface area contributed by atoms with Crippen LogP contribution in [0.2, 0.25) is 0 Å². The van der Waals surface area contributed by atoms with E-state index in [1.165, 1.54) is 6.07 Å². The molecule has 94 valence electrons.